The zero-order valence-electron chi connectivity index (χ0n) is 9.46. The maximum atomic E-state index is 10.8. The van der Waals surface area contributed by atoms with Crippen molar-refractivity contribution in [1.29, 1.82) is 0 Å². The van der Waals surface area contributed by atoms with E-state index >= 15 is 0 Å². The Morgan fingerprint density at radius 2 is 1.67 bits per heavy atom. The van der Waals surface area contributed by atoms with Gasteiger partial charge in [0.05, 0.1) is 0 Å². The van der Waals surface area contributed by atoms with Crippen LogP contribution in [0.5, 0.6) is 0 Å². The van der Waals surface area contributed by atoms with E-state index in [9.17, 15) is 9.90 Å². The van der Waals surface area contributed by atoms with Crippen LogP contribution in [-0.2, 0) is 4.79 Å². The maximum Gasteiger partial charge on any atom is 0.337 e. The normalized spacial score (nSPS) is 12.6. The van der Waals surface area contributed by atoms with Crippen molar-refractivity contribution in [3.05, 3.63) is 33.9 Å². The number of aryl methyl sites for hydroxylation is 2. The van der Waals surface area contributed by atoms with Crippen molar-refractivity contribution >= 4 is 5.97 Å². The lowest BCUT2D eigenvalue weighted by Crippen LogP contribution is -2.14. The van der Waals surface area contributed by atoms with E-state index in [1.165, 1.54) is 0 Å². The third kappa shape index (κ3) is 2.02. The minimum absolute atomic E-state index is 0.519. The molecule has 1 rings (SSSR count). The number of benzene rings is 1. The summed E-state index contributed by atoms with van der Waals surface area (Å²) in [4.78, 5) is 10.8. The van der Waals surface area contributed by atoms with Crippen molar-refractivity contribution < 1.29 is 15.0 Å². The number of carboxylic acid groups (broad SMARTS) is 1. The van der Waals surface area contributed by atoms with Crippen LogP contribution < -0.4 is 0 Å². The van der Waals surface area contributed by atoms with Gasteiger partial charge < -0.3 is 10.2 Å². The Balaban J connectivity index is 3.42. The van der Waals surface area contributed by atoms with Crippen molar-refractivity contribution in [2.24, 2.45) is 0 Å². The predicted molar refractivity (Wildman–Crippen MR) is 58.0 cm³/mol. The van der Waals surface area contributed by atoms with E-state index in [0.717, 1.165) is 22.3 Å². The Morgan fingerprint density at radius 3 is 2.13 bits per heavy atom. The highest BCUT2D eigenvalue weighted by atomic mass is 16.4. The van der Waals surface area contributed by atoms with Gasteiger partial charge in [-0.15, -0.1) is 0 Å². The molecule has 3 heteroatoms. The molecule has 0 saturated carbocycles. The summed E-state index contributed by atoms with van der Waals surface area (Å²) in [6, 6.07) is 1.91. The molecule has 0 aliphatic heterocycles. The van der Waals surface area contributed by atoms with Crippen LogP contribution in [0.4, 0.5) is 0 Å². The summed E-state index contributed by atoms with van der Waals surface area (Å²) < 4.78 is 0. The molecule has 1 unspecified atom stereocenters. The molecule has 15 heavy (non-hydrogen) atoms. The third-order valence-electron chi connectivity index (χ3n) is 2.92. The Hall–Kier alpha value is -1.35. The molecule has 0 spiro atoms. The van der Waals surface area contributed by atoms with Crippen LogP contribution in [-0.4, -0.2) is 16.2 Å². The van der Waals surface area contributed by atoms with Crippen molar-refractivity contribution in [3.8, 4) is 0 Å². The zero-order chi connectivity index (χ0) is 11.7. The fourth-order valence-electron chi connectivity index (χ4n) is 1.85. The van der Waals surface area contributed by atoms with E-state index in [4.69, 9.17) is 5.11 Å². The largest absolute Gasteiger partial charge is 0.479 e. The fourth-order valence-corrected chi connectivity index (χ4v) is 1.85. The van der Waals surface area contributed by atoms with Crippen molar-refractivity contribution in [1.82, 2.24) is 0 Å². The van der Waals surface area contributed by atoms with Crippen LogP contribution in [0.25, 0.3) is 0 Å². The van der Waals surface area contributed by atoms with Crippen molar-refractivity contribution in [3.63, 3.8) is 0 Å². The number of aliphatic carboxylic acids is 1. The summed E-state index contributed by atoms with van der Waals surface area (Å²) in [5, 5.41) is 18.4. The van der Waals surface area contributed by atoms with Crippen LogP contribution >= 0.6 is 0 Å². The minimum atomic E-state index is -1.43. The molecule has 0 bridgehead atoms. The van der Waals surface area contributed by atoms with Crippen molar-refractivity contribution in [2.45, 2.75) is 33.8 Å². The van der Waals surface area contributed by atoms with E-state index < -0.39 is 12.1 Å². The summed E-state index contributed by atoms with van der Waals surface area (Å²) in [6.07, 6.45) is -1.43. The number of carbonyl (C=O) groups is 1. The predicted octanol–water partition coefficient (Wildman–Crippen LogP) is 2.04. The number of hydrogen-bond donors (Lipinski definition) is 2. The van der Waals surface area contributed by atoms with Gasteiger partial charge in [-0.3, -0.25) is 0 Å². The lowest BCUT2D eigenvalue weighted by Gasteiger charge is -2.17. The van der Waals surface area contributed by atoms with Crippen LogP contribution in [0.15, 0.2) is 6.07 Å². The zero-order valence-corrected chi connectivity index (χ0v) is 9.46. The summed E-state index contributed by atoms with van der Waals surface area (Å²) in [6.45, 7) is 7.58. The first-order chi connectivity index (χ1) is 6.86. The quantitative estimate of drug-likeness (QED) is 0.782. The summed E-state index contributed by atoms with van der Waals surface area (Å²) >= 11 is 0. The number of hydrogen-bond acceptors (Lipinski definition) is 2. The van der Waals surface area contributed by atoms with Gasteiger partial charge in [0.15, 0.2) is 6.10 Å². The second-order valence-corrected chi connectivity index (χ2v) is 3.91. The second kappa shape index (κ2) is 4.03. The molecule has 0 aliphatic rings. The van der Waals surface area contributed by atoms with E-state index in [-0.39, 0.29) is 0 Å². The Kier molecular flexibility index (Phi) is 3.15. The monoisotopic (exact) mass is 208 g/mol. The van der Waals surface area contributed by atoms with Crippen molar-refractivity contribution in [2.75, 3.05) is 0 Å². The average Bonchev–Trinajstić information content (AvgIpc) is 2.14. The highest BCUT2D eigenvalue weighted by Gasteiger charge is 2.21. The van der Waals surface area contributed by atoms with Crippen LogP contribution in [0.3, 0.4) is 0 Å². The molecule has 0 amide bonds. The van der Waals surface area contributed by atoms with Crippen LogP contribution in [0.1, 0.15) is 33.9 Å². The Bertz CT molecular complexity index is 408. The highest BCUT2D eigenvalue weighted by molar-refractivity contribution is 5.75. The first-order valence-corrected chi connectivity index (χ1v) is 4.84. The molecule has 82 valence electrons. The summed E-state index contributed by atoms with van der Waals surface area (Å²) in [7, 11) is 0. The SMILES string of the molecule is Cc1cc(C)c(C(O)C(=O)O)c(C)c1C. The van der Waals surface area contributed by atoms with E-state index in [1.807, 2.05) is 33.8 Å². The van der Waals surface area contributed by atoms with E-state index in [2.05, 4.69) is 0 Å². The summed E-state index contributed by atoms with van der Waals surface area (Å²) in [5.74, 6) is -1.20. The molecule has 0 saturated heterocycles. The maximum absolute atomic E-state index is 10.8. The average molecular weight is 208 g/mol. The second-order valence-electron chi connectivity index (χ2n) is 3.91. The van der Waals surface area contributed by atoms with Gasteiger partial charge in [-0.25, -0.2) is 4.79 Å². The number of aliphatic hydroxyl groups excluding tert-OH is 1. The smallest absolute Gasteiger partial charge is 0.337 e. The molecule has 3 nitrogen and oxygen atoms in total. The van der Waals surface area contributed by atoms with Gasteiger partial charge in [-0.2, -0.15) is 0 Å². The Labute approximate surface area is 89.4 Å². The Morgan fingerprint density at radius 1 is 1.13 bits per heavy atom. The molecular formula is C12H16O3. The molecular weight excluding hydrogens is 192 g/mol. The molecule has 0 fully saturated rings. The van der Waals surface area contributed by atoms with Gasteiger partial charge in [-0.1, -0.05) is 6.07 Å². The van der Waals surface area contributed by atoms with Gasteiger partial charge in [0.1, 0.15) is 0 Å². The van der Waals surface area contributed by atoms with Gasteiger partial charge in [-0.05, 0) is 55.5 Å². The highest BCUT2D eigenvalue weighted by Crippen LogP contribution is 2.27. The summed E-state index contributed by atoms with van der Waals surface area (Å²) in [5.41, 5.74) is 4.36. The van der Waals surface area contributed by atoms with Gasteiger partial charge >= 0.3 is 5.97 Å². The first kappa shape index (κ1) is 11.7. The van der Waals surface area contributed by atoms with Gasteiger partial charge in [0.25, 0.3) is 0 Å². The fraction of sp³-hybridized carbons (Fsp3) is 0.417. The number of rotatable bonds is 2. The lowest BCUT2D eigenvalue weighted by atomic mass is 9.91. The molecule has 0 heterocycles. The molecule has 0 radical (unpaired) electrons. The third-order valence-corrected chi connectivity index (χ3v) is 2.92. The standard InChI is InChI=1S/C12H16O3/c1-6-5-7(2)10(9(4)8(6)3)11(13)12(14)15/h5,11,13H,1-4H3,(H,14,15). The van der Waals surface area contributed by atoms with E-state index in [1.54, 1.807) is 0 Å². The lowest BCUT2D eigenvalue weighted by molar-refractivity contribution is -0.147. The number of aliphatic hydroxyl groups is 1. The van der Waals surface area contributed by atoms with Crippen LogP contribution in [0, 0.1) is 27.7 Å². The van der Waals surface area contributed by atoms with Gasteiger partial charge in [0.2, 0.25) is 0 Å². The van der Waals surface area contributed by atoms with Crippen LogP contribution in [0.2, 0.25) is 0 Å². The molecule has 1 aromatic rings. The topological polar surface area (TPSA) is 57.5 Å². The number of carboxylic acids is 1. The van der Waals surface area contributed by atoms with Gasteiger partial charge in [0, 0.05) is 0 Å². The molecule has 0 aromatic heterocycles. The molecule has 1 atom stereocenters. The first-order valence-electron chi connectivity index (χ1n) is 4.84. The molecule has 0 aliphatic carbocycles. The molecule has 1 aromatic carbocycles. The minimum Gasteiger partial charge on any atom is -0.479 e. The van der Waals surface area contributed by atoms with E-state index in [0.29, 0.717) is 5.56 Å². The molecule has 2 N–H and O–H groups in total.